The standard InChI is InChI=1S/C24H33N5O4S/c1-27(2)22(17-7-9-18(33-6)10-8-17)16-25-24(30)14-13-23-26-20-15-19(34(31,32)28(3)4)11-12-21(20)29(23)5/h7-12,15,22H,13-14,16H2,1-6H3,(H,25,30). The van der Waals surface area contributed by atoms with Gasteiger partial charge in [-0.3, -0.25) is 4.79 Å². The maximum atomic E-state index is 12.6. The van der Waals surface area contributed by atoms with Crippen LogP contribution >= 0.6 is 0 Å². The number of nitrogens with one attached hydrogen (secondary N) is 1. The minimum Gasteiger partial charge on any atom is -0.497 e. The molecule has 34 heavy (non-hydrogen) atoms. The summed E-state index contributed by atoms with van der Waals surface area (Å²) in [6, 6.07) is 12.8. The van der Waals surface area contributed by atoms with Gasteiger partial charge in [0.1, 0.15) is 11.6 Å². The van der Waals surface area contributed by atoms with Gasteiger partial charge < -0.3 is 19.5 Å². The molecule has 3 rings (SSSR count). The first-order chi connectivity index (χ1) is 16.0. The molecule has 0 fully saturated rings. The number of amides is 1. The smallest absolute Gasteiger partial charge is 0.242 e. The van der Waals surface area contributed by atoms with Crippen LogP contribution in [0.25, 0.3) is 11.0 Å². The molecule has 0 aliphatic rings. The fourth-order valence-electron chi connectivity index (χ4n) is 3.77. The molecule has 184 valence electrons. The average Bonchev–Trinajstić information content (AvgIpc) is 3.12. The van der Waals surface area contributed by atoms with Gasteiger partial charge in [-0.05, 0) is 50.0 Å². The molecular formula is C24H33N5O4S. The van der Waals surface area contributed by atoms with E-state index in [2.05, 4.69) is 15.2 Å². The van der Waals surface area contributed by atoms with Crippen molar-refractivity contribution < 1.29 is 17.9 Å². The van der Waals surface area contributed by atoms with Gasteiger partial charge in [-0.1, -0.05) is 12.1 Å². The van der Waals surface area contributed by atoms with Gasteiger partial charge in [-0.25, -0.2) is 17.7 Å². The Morgan fingerprint density at radius 3 is 2.38 bits per heavy atom. The molecule has 0 aliphatic carbocycles. The second-order valence-electron chi connectivity index (χ2n) is 8.58. The van der Waals surface area contributed by atoms with Gasteiger partial charge in [-0.2, -0.15) is 0 Å². The molecule has 0 spiro atoms. The van der Waals surface area contributed by atoms with Crippen molar-refractivity contribution in [1.82, 2.24) is 24.1 Å². The number of likely N-dealkylation sites (N-methyl/N-ethyl adjacent to an activating group) is 1. The van der Waals surface area contributed by atoms with Crippen LogP contribution in [0.2, 0.25) is 0 Å². The van der Waals surface area contributed by atoms with Gasteiger partial charge in [0.25, 0.3) is 0 Å². The topological polar surface area (TPSA) is 96.8 Å². The number of hydrogen-bond acceptors (Lipinski definition) is 6. The number of carbonyl (C=O) groups is 1. The molecule has 1 atom stereocenters. The second-order valence-corrected chi connectivity index (χ2v) is 10.7. The molecular weight excluding hydrogens is 454 g/mol. The van der Waals surface area contributed by atoms with Crippen LogP contribution in [0.5, 0.6) is 5.75 Å². The zero-order valence-electron chi connectivity index (χ0n) is 20.6. The third-order valence-electron chi connectivity index (χ3n) is 5.92. The Labute approximate surface area is 201 Å². The number of carbonyl (C=O) groups excluding carboxylic acids is 1. The predicted molar refractivity (Wildman–Crippen MR) is 132 cm³/mol. The fraction of sp³-hybridized carbons (Fsp3) is 0.417. The van der Waals surface area contributed by atoms with Crippen LogP contribution in [0.3, 0.4) is 0 Å². The number of ether oxygens (including phenoxy) is 1. The number of methoxy groups -OCH3 is 1. The zero-order chi connectivity index (χ0) is 25.0. The van der Waals surface area contributed by atoms with Crippen molar-refractivity contribution in [2.24, 2.45) is 7.05 Å². The van der Waals surface area contributed by atoms with Crippen molar-refractivity contribution in [3.8, 4) is 5.75 Å². The van der Waals surface area contributed by atoms with Crippen molar-refractivity contribution in [1.29, 1.82) is 0 Å². The fourth-order valence-corrected chi connectivity index (χ4v) is 4.70. The summed E-state index contributed by atoms with van der Waals surface area (Å²) in [5.41, 5.74) is 2.50. The highest BCUT2D eigenvalue weighted by atomic mass is 32.2. The van der Waals surface area contributed by atoms with Crippen LogP contribution in [0, 0.1) is 0 Å². The summed E-state index contributed by atoms with van der Waals surface area (Å²) in [5, 5.41) is 3.02. The minimum atomic E-state index is -3.54. The third-order valence-corrected chi connectivity index (χ3v) is 7.73. The molecule has 1 N–H and O–H groups in total. The van der Waals surface area contributed by atoms with E-state index in [9.17, 15) is 13.2 Å². The molecule has 1 amide bonds. The molecule has 0 aliphatic heterocycles. The Bertz CT molecular complexity index is 1250. The van der Waals surface area contributed by atoms with E-state index in [4.69, 9.17) is 4.74 Å². The molecule has 0 saturated heterocycles. The predicted octanol–water partition coefficient (Wildman–Crippen LogP) is 2.18. The number of benzene rings is 2. The van der Waals surface area contributed by atoms with E-state index in [1.807, 2.05) is 50.0 Å². The van der Waals surface area contributed by atoms with Crippen molar-refractivity contribution in [2.75, 3.05) is 41.8 Å². The summed E-state index contributed by atoms with van der Waals surface area (Å²) in [4.78, 5) is 19.4. The maximum absolute atomic E-state index is 12.6. The first-order valence-electron chi connectivity index (χ1n) is 11.0. The van der Waals surface area contributed by atoms with Gasteiger partial charge >= 0.3 is 0 Å². The minimum absolute atomic E-state index is 0.0303. The summed E-state index contributed by atoms with van der Waals surface area (Å²) >= 11 is 0. The van der Waals surface area contributed by atoms with E-state index < -0.39 is 10.0 Å². The Morgan fingerprint density at radius 2 is 1.79 bits per heavy atom. The van der Waals surface area contributed by atoms with E-state index in [1.165, 1.54) is 18.4 Å². The van der Waals surface area contributed by atoms with Crippen LogP contribution in [0.1, 0.15) is 23.9 Å². The monoisotopic (exact) mass is 487 g/mol. The zero-order valence-corrected chi connectivity index (χ0v) is 21.4. The highest BCUT2D eigenvalue weighted by molar-refractivity contribution is 7.89. The van der Waals surface area contributed by atoms with E-state index in [1.54, 1.807) is 25.3 Å². The van der Waals surface area contributed by atoms with Gasteiger partial charge in [0.2, 0.25) is 15.9 Å². The van der Waals surface area contributed by atoms with Crippen LogP contribution in [0.15, 0.2) is 47.4 Å². The lowest BCUT2D eigenvalue weighted by molar-refractivity contribution is -0.121. The molecule has 1 heterocycles. The Kier molecular flexibility index (Phi) is 7.96. The van der Waals surface area contributed by atoms with Crippen molar-refractivity contribution in [3.63, 3.8) is 0 Å². The van der Waals surface area contributed by atoms with E-state index in [0.717, 1.165) is 22.7 Å². The van der Waals surface area contributed by atoms with Crippen molar-refractivity contribution in [3.05, 3.63) is 53.9 Å². The van der Waals surface area contributed by atoms with Crippen LogP contribution < -0.4 is 10.1 Å². The van der Waals surface area contributed by atoms with Crippen molar-refractivity contribution >= 4 is 27.0 Å². The van der Waals surface area contributed by atoms with Gasteiger partial charge in [0.15, 0.2) is 0 Å². The largest absolute Gasteiger partial charge is 0.497 e. The SMILES string of the molecule is COc1ccc(C(CNC(=O)CCc2nc3cc(S(=O)(=O)N(C)C)ccc3n2C)N(C)C)cc1. The first-order valence-corrected chi connectivity index (χ1v) is 12.4. The number of imidazole rings is 1. The average molecular weight is 488 g/mol. The van der Waals surface area contributed by atoms with Crippen LogP contribution in [0.4, 0.5) is 0 Å². The summed E-state index contributed by atoms with van der Waals surface area (Å²) in [7, 11) is 6.91. The number of fused-ring (bicyclic) bond motifs is 1. The van der Waals surface area contributed by atoms with Crippen molar-refractivity contribution in [2.45, 2.75) is 23.8 Å². The molecule has 10 heteroatoms. The molecule has 1 unspecified atom stereocenters. The van der Waals surface area contributed by atoms with E-state index >= 15 is 0 Å². The lowest BCUT2D eigenvalue weighted by atomic mass is 10.1. The molecule has 0 bridgehead atoms. The Hall–Kier alpha value is -2.95. The summed E-state index contributed by atoms with van der Waals surface area (Å²) in [6.07, 6.45) is 0.727. The third kappa shape index (κ3) is 5.57. The number of sulfonamides is 1. The summed E-state index contributed by atoms with van der Waals surface area (Å²) < 4.78 is 33.1. The lowest BCUT2D eigenvalue weighted by Crippen LogP contribution is -2.34. The number of aromatic nitrogens is 2. The molecule has 9 nitrogen and oxygen atoms in total. The molecule has 3 aromatic rings. The molecule has 1 aromatic heterocycles. The Morgan fingerprint density at radius 1 is 1.12 bits per heavy atom. The normalized spacial score (nSPS) is 12.9. The van der Waals surface area contributed by atoms with E-state index in [0.29, 0.717) is 18.5 Å². The number of rotatable bonds is 10. The van der Waals surface area contributed by atoms with Crippen LogP contribution in [-0.4, -0.2) is 74.9 Å². The lowest BCUT2D eigenvalue weighted by Gasteiger charge is -2.25. The summed E-state index contributed by atoms with van der Waals surface area (Å²) in [5.74, 6) is 1.45. The maximum Gasteiger partial charge on any atom is 0.242 e. The second kappa shape index (κ2) is 10.5. The highest BCUT2D eigenvalue weighted by Crippen LogP contribution is 2.23. The van der Waals surface area contributed by atoms with Crippen LogP contribution in [-0.2, 0) is 28.3 Å². The molecule has 0 saturated carbocycles. The Balaban J connectivity index is 1.65. The summed E-state index contributed by atoms with van der Waals surface area (Å²) in [6.45, 7) is 0.479. The van der Waals surface area contributed by atoms with Gasteiger partial charge in [0.05, 0.1) is 29.1 Å². The number of hydrogen-bond donors (Lipinski definition) is 1. The number of aryl methyl sites for hydroxylation is 2. The van der Waals surface area contributed by atoms with Gasteiger partial charge in [0, 0.05) is 40.5 Å². The van der Waals surface area contributed by atoms with E-state index in [-0.39, 0.29) is 23.3 Å². The first kappa shape index (κ1) is 25.7. The number of nitrogens with zero attached hydrogens (tertiary/aromatic N) is 4. The van der Waals surface area contributed by atoms with Gasteiger partial charge in [-0.15, -0.1) is 0 Å². The molecule has 0 radical (unpaired) electrons. The molecule has 2 aromatic carbocycles. The quantitative estimate of drug-likeness (QED) is 0.471. The highest BCUT2D eigenvalue weighted by Gasteiger charge is 2.20.